The quantitative estimate of drug-likeness (QED) is 0.414. The lowest BCUT2D eigenvalue weighted by Gasteiger charge is -2.05. The van der Waals surface area contributed by atoms with Gasteiger partial charge in [0.1, 0.15) is 6.54 Å². The Morgan fingerprint density at radius 1 is 1.40 bits per heavy atom. The van der Waals surface area contributed by atoms with Gasteiger partial charge in [0, 0.05) is 11.8 Å². The molecule has 1 aromatic rings. The second-order valence-corrected chi connectivity index (χ2v) is 2.63. The van der Waals surface area contributed by atoms with E-state index in [9.17, 15) is 4.79 Å². The van der Waals surface area contributed by atoms with Crippen LogP contribution in [0.5, 0.6) is 11.5 Å². The summed E-state index contributed by atoms with van der Waals surface area (Å²) in [6, 6.07) is 4.19. The molecule has 1 rings (SSSR count). The molecule has 0 amide bonds. The molecule has 0 bridgehead atoms. The van der Waals surface area contributed by atoms with Crippen molar-refractivity contribution in [3.63, 3.8) is 0 Å². The van der Waals surface area contributed by atoms with Gasteiger partial charge in [0.25, 0.3) is 0 Å². The Kier molecular flexibility index (Phi) is 5.33. The normalized spacial score (nSPS) is 8.87. The number of benzene rings is 1. The molecule has 0 spiro atoms. The van der Waals surface area contributed by atoms with E-state index in [2.05, 4.69) is 10.1 Å². The highest BCUT2D eigenvalue weighted by Gasteiger charge is 2.02. The Bertz CT molecular complexity index is 343. The fraction of sp³-hybridized carbons (Fsp3) is 0.222. The van der Waals surface area contributed by atoms with Crippen molar-refractivity contribution in [1.29, 1.82) is 0 Å². The molecule has 3 N–H and O–H groups in total. The zero-order valence-corrected chi connectivity index (χ0v) is 8.87. The number of nitrogens with one attached hydrogen (secondary N) is 1. The number of phenolic OH excluding ortho intramolecular Hbond substituents is 2. The lowest BCUT2D eigenvalue weighted by molar-refractivity contribution is -0.138. The first-order chi connectivity index (χ1) is 6.63. The first-order valence-electron chi connectivity index (χ1n) is 3.96. The number of hydrogen-bond donors (Lipinski definition) is 3. The predicted octanol–water partition coefficient (Wildman–Crippen LogP) is 1.10. The summed E-state index contributed by atoms with van der Waals surface area (Å²) in [5.74, 6) is -0.842. The molecule has 15 heavy (non-hydrogen) atoms. The highest BCUT2D eigenvalue weighted by molar-refractivity contribution is 5.85. The SMILES string of the molecule is COC(=O)CNc1ccc(O)c(O)c1.Cl. The summed E-state index contributed by atoms with van der Waals surface area (Å²) in [6.07, 6.45) is 0. The first-order valence-corrected chi connectivity index (χ1v) is 3.96. The van der Waals surface area contributed by atoms with Gasteiger partial charge in [-0.2, -0.15) is 0 Å². The Morgan fingerprint density at radius 3 is 2.60 bits per heavy atom. The highest BCUT2D eigenvalue weighted by Crippen LogP contribution is 2.27. The molecule has 0 saturated carbocycles. The van der Waals surface area contributed by atoms with Gasteiger partial charge in [0.05, 0.1) is 7.11 Å². The molecule has 0 aliphatic rings. The zero-order valence-electron chi connectivity index (χ0n) is 8.06. The fourth-order valence-electron chi connectivity index (χ4n) is 0.880. The Labute approximate surface area is 93.1 Å². The number of carbonyl (C=O) groups excluding carboxylic acids is 1. The van der Waals surface area contributed by atoms with Gasteiger partial charge in [-0.1, -0.05) is 0 Å². The highest BCUT2D eigenvalue weighted by atomic mass is 35.5. The van der Waals surface area contributed by atoms with Crippen LogP contribution in [0.3, 0.4) is 0 Å². The van der Waals surface area contributed by atoms with Crippen molar-refractivity contribution in [1.82, 2.24) is 0 Å². The van der Waals surface area contributed by atoms with Gasteiger partial charge in [-0.25, -0.2) is 0 Å². The maximum absolute atomic E-state index is 10.7. The number of carbonyl (C=O) groups is 1. The second kappa shape index (κ2) is 5.98. The molecule has 0 aromatic heterocycles. The summed E-state index contributed by atoms with van der Waals surface area (Å²) >= 11 is 0. The van der Waals surface area contributed by atoms with Gasteiger partial charge >= 0.3 is 5.97 Å². The van der Waals surface area contributed by atoms with E-state index in [4.69, 9.17) is 10.2 Å². The molecule has 0 radical (unpaired) electrons. The summed E-state index contributed by atoms with van der Waals surface area (Å²) < 4.78 is 4.41. The molecule has 84 valence electrons. The van der Waals surface area contributed by atoms with Crippen molar-refractivity contribution in [3.8, 4) is 11.5 Å². The topological polar surface area (TPSA) is 78.8 Å². The molecule has 0 aliphatic carbocycles. The van der Waals surface area contributed by atoms with Crippen LogP contribution in [0, 0.1) is 0 Å². The van der Waals surface area contributed by atoms with E-state index in [0.717, 1.165) is 0 Å². The minimum Gasteiger partial charge on any atom is -0.504 e. The summed E-state index contributed by atoms with van der Waals surface area (Å²) in [5.41, 5.74) is 0.533. The number of aromatic hydroxyl groups is 2. The van der Waals surface area contributed by atoms with E-state index in [-0.39, 0.29) is 30.5 Å². The molecular formula is C9H12ClNO4. The number of methoxy groups -OCH3 is 1. The standard InChI is InChI=1S/C9H11NO4.ClH/c1-14-9(13)5-10-6-2-3-7(11)8(12)4-6;/h2-4,10-12H,5H2,1H3;1H. The van der Waals surface area contributed by atoms with Crippen LogP contribution < -0.4 is 5.32 Å². The zero-order chi connectivity index (χ0) is 10.6. The Balaban J connectivity index is 0.00000196. The fourth-order valence-corrected chi connectivity index (χ4v) is 0.880. The number of halogens is 1. The maximum atomic E-state index is 10.7. The van der Waals surface area contributed by atoms with Crippen LogP contribution in [0.2, 0.25) is 0 Å². The predicted molar refractivity (Wildman–Crippen MR) is 57.5 cm³/mol. The van der Waals surface area contributed by atoms with Gasteiger partial charge < -0.3 is 20.3 Å². The first kappa shape index (κ1) is 13.4. The van der Waals surface area contributed by atoms with Gasteiger partial charge in [-0.05, 0) is 12.1 Å². The number of esters is 1. The van der Waals surface area contributed by atoms with Gasteiger partial charge in [0.15, 0.2) is 11.5 Å². The maximum Gasteiger partial charge on any atom is 0.325 e. The summed E-state index contributed by atoms with van der Waals surface area (Å²) in [6.45, 7) is 0.0146. The van der Waals surface area contributed by atoms with Crippen LogP contribution in [0.4, 0.5) is 5.69 Å². The minimum absolute atomic E-state index is 0. The molecule has 1 aromatic carbocycles. The van der Waals surface area contributed by atoms with Crippen LogP contribution in [0.25, 0.3) is 0 Å². The second-order valence-electron chi connectivity index (χ2n) is 2.63. The molecule has 5 nitrogen and oxygen atoms in total. The van der Waals surface area contributed by atoms with Gasteiger partial charge in [-0.15, -0.1) is 12.4 Å². The van der Waals surface area contributed by atoms with Crippen molar-refractivity contribution in [2.24, 2.45) is 0 Å². The monoisotopic (exact) mass is 233 g/mol. The van der Waals surface area contributed by atoms with E-state index in [1.807, 2.05) is 0 Å². The van der Waals surface area contributed by atoms with Crippen LogP contribution in [0.15, 0.2) is 18.2 Å². The number of hydrogen-bond acceptors (Lipinski definition) is 5. The molecule has 0 unspecified atom stereocenters. The molecule has 0 saturated heterocycles. The van der Waals surface area contributed by atoms with E-state index in [0.29, 0.717) is 5.69 Å². The molecule has 0 fully saturated rings. The number of phenols is 2. The summed E-state index contributed by atoms with van der Waals surface area (Å²) in [5, 5.41) is 20.8. The molecule has 0 atom stereocenters. The van der Waals surface area contributed by atoms with Crippen molar-refractivity contribution in [2.75, 3.05) is 19.0 Å². The molecule has 0 heterocycles. The third-order valence-corrected chi connectivity index (χ3v) is 1.64. The summed E-state index contributed by atoms with van der Waals surface area (Å²) in [4.78, 5) is 10.7. The van der Waals surface area contributed by atoms with E-state index < -0.39 is 5.97 Å². The van der Waals surface area contributed by atoms with Gasteiger partial charge in [-0.3, -0.25) is 4.79 Å². The molecule has 6 heteroatoms. The third kappa shape index (κ3) is 3.95. The van der Waals surface area contributed by atoms with Crippen LogP contribution >= 0.6 is 12.4 Å². The molecular weight excluding hydrogens is 222 g/mol. The van der Waals surface area contributed by atoms with E-state index >= 15 is 0 Å². The average molecular weight is 234 g/mol. The third-order valence-electron chi connectivity index (χ3n) is 1.64. The van der Waals surface area contributed by atoms with E-state index in [1.165, 1.54) is 25.3 Å². The van der Waals surface area contributed by atoms with Gasteiger partial charge in [0.2, 0.25) is 0 Å². The van der Waals surface area contributed by atoms with Crippen LogP contribution in [-0.2, 0) is 9.53 Å². The van der Waals surface area contributed by atoms with Crippen molar-refractivity contribution in [3.05, 3.63) is 18.2 Å². The lowest BCUT2D eigenvalue weighted by Crippen LogP contribution is -2.14. The number of rotatable bonds is 3. The number of ether oxygens (including phenoxy) is 1. The Morgan fingerprint density at radius 2 is 2.07 bits per heavy atom. The van der Waals surface area contributed by atoms with E-state index in [1.54, 1.807) is 0 Å². The average Bonchev–Trinajstić information content (AvgIpc) is 2.19. The van der Waals surface area contributed by atoms with Crippen LogP contribution in [-0.4, -0.2) is 29.8 Å². The lowest BCUT2D eigenvalue weighted by atomic mass is 10.3. The van der Waals surface area contributed by atoms with Crippen molar-refractivity contribution < 1.29 is 19.7 Å². The smallest absolute Gasteiger partial charge is 0.325 e. The number of anilines is 1. The largest absolute Gasteiger partial charge is 0.504 e. The molecule has 0 aliphatic heterocycles. The Hall–Kier alpha value is -1.62. The minimum atomic E-state index is -0.405. The van der Waals surface area contributed by atoms with Crippen LogP contribution in [0.1, 0.15) is 0 Å². The summed E-state index contributed by atoms with van der Waals surface area (Å²) in [7, 11) is 1.29. The van der Waals surface area contributed by atoms with Crippen molar-refractivity contribution >= 4 is 24.1 Å². The van der Waals surface area contributed by atoms with Crippen molar-refractivity contribution in [2.45, 2.75) is 0 Å².